The fraction of sp³-hybridized carbons (Fsp3) is 0.0714. The zero-order chi connectivity index (χ0) is 30.2. The Morgan fingerprint density at radius 1 is 0.537 bits per heavy atom. The van der Waals surface area contributed by atoms with Gasteiger partial charge in [0.2, 0.25) is 0 Å². The number of rotatable bonds is 7. The Balaban J connectivity index is 0.000000317. The second kappa shape index (κ2) is 13.1. The summed E-state index contributed by atoms with van der Waals surface area (Å²) < 4.78 is 49.8. The average Bonchev–Trinajstić information content (AvgIpc) is 2.94. The summed E-state index contributed by atoms with van der Waals surface area (Å²) in [6.45, 7) is 3.39. The van der Waals surface area contributed by atoms with E-state index >= 15 is 0 Å². The lowest BCUT2D eigenvalue weighted by molar-refractivity contribution is -0.172. The van der Waals surface area contributed by atoms with Crippen molar-refractivity contribution in [2.24, 2.45) is 11.5 Å². The summed E-state index contributed by atoms with van der Waals surface area (Å²) in [7, 11) is -9.54. The largest absolute Gasteiger partial charge is 0.355 e. The summed E-state index contributed by atoms with van der Waals surface area (Å²) >= 11 is 0. The maximum atomic E-state index is 12.7. The minimum atomic E-state index is -4.77. The first-order valence-corrected chi connectivity index (χ1v) is 14.8. The Morgan fingerprint density at radius 2 is 0.829 bits per heavy atom. The highest BCUT2D eigenvalue weighted by atomic mass is 32.2. The number of carbonyl (C=O) groups is 2. The minimum Gasteiger partial charge on any atom is -0.349 e. The Labute approximate surface area is 238 Å². The molecule has 0 radical (unpaired) electrons. The van der Waals surface area contributed by atoms with Crippen LogP contribution in [-0.2, 0) is 25.0 Å². The number of benzene rings is 4. The van der Waals surface area contributed by atoms with E-state index in [1.54, 1.807) is 13.8 Å². The highest BCUT2D eigenvalue weighted by molar-refractivity contribution is 7.90. The van der Waals surface area contributed by atoms with Gasteiger partial charge in [0.25, 0.3) is 20.0 Å². The average molecular weight is 597 g/mol. The van der Waals surface area contributed by atoms with Crippen molar-refractivity contribution < 1.29 is 31.4 Å². The third-order valence-corrected chi connectivity index (χ3v) is 8.57. The fourth-order valence-corrected chi connectivity index (χ4v) is 5.51. The van der Waals surface area contributed by atoms with Crippen molar-refractivity contribution >= 4 is 32.1 Å². The van der Waals surface area contributed by atoms with Crippen molar-refractivity contribution in [1.82, 2.24) is 8.94 Å². The first kappa shape index (κ1) is 30.8. The van der Waals surface area contributed by atoms with Gasteiger partial charge in [-0.05, 0) is 49.2 Å². The molecular weight excluding hydrogens is 568 g/mol. The number of primary amides is 2. The Bertz CT molecular complexity index is 1570. The zero-order valence-electron chi connectivity index (χ0n) is 22.1. The van der Waals surface area contributed by atoms with Gasteiger partial charge in [0.15, 0.2) is 0 Å². The third kappa shape index (κ3) is 7.69. The molecule has 0 aliphatic carbocycles. The monoisotopic (exact) mass is 596 g/mol. The van der Waals surface area contributed by atoms with Crippen LogP contribution in [0.3, 0.4) is 0 Å². The summed E-state index contributed by atoms with van der Waals surface area (Å²) in [5.74, 6) is 0. The first-order valence-electron chi connectivity index (χ1n) is 12.0. The van der Waals surface area contributed by atoms with E-state index in [9.17, 15) is 26.4 Å². The molecule has 4 rings (SSSR count). The van der Waals surface area contributed by atoms with Gasteiger partial charge in [-0.1, -0.05) is 105 Å². The molecule has 0 aromatic heterocycles. The number of hydrogen-bond donors (Lipinski definition) is 2. The number of sulfonamides is 2. The van der Waals surface area contributed by atoms with Gasteiger partial charge in [0.1, 0.15) is 0 Å². The number of hydroxylamine groups is 2. The molecular formula is C28H28N4O7S2. The van der Waals surface area contributed by atoms with Crippen molar-refractivity contribution in [2.45, 2.75) is 23.6 Å². The van der Waals surface area contributed by atoms with E-state index in [1.807, 2.05) is 12.1 Å². The Hall–Kier alpha value is -4.72. The quantitative estimate of drug-likeness (QED) is 0.299. The molecule has 0 unspecified atom stereocenters. The van der Waals surface area contributed by atoms with E-state index in [1.165, 1.54) is 35.4 Å². The number of hydrogen-bond acceptors (Lipinski definition) is 7. The van der Waals surface area contributed by atoms with Crippen LogP contribution in [0.1, 0.15) is 11.1 Å². The third-order valence-electron chi connectivity index (χ3n) is 5.46. The number of amides is 4. The van der Waals surface area contributed by atoms with Gasteiger partial charge in [0.05, 0.1) is 9.79 Å². The molecule has 0 atom stereocenters. The van der Waals surface area contributed by atoms with Gasteiger partial charge < -0.3 is 11.5 Å². The lowest BCUT2D eigenvalue weighted by Crippen LogP contribution is -2.50. The Kier molecular flexibility index (Phi) is 9.84. The summed E-state index contributed by atoms with van der Waals surface area (Å²) in [6, 6.07) is 27.7. The summed E-state index contributed by atoms with van der Waals surface area (Å²) in [5.41, 5.74) is 14.1. The molecule has 0 aliphatic rings. The molecule has 0 bridgehead atoms. The standard InChI is InChI=1S/C16H18N4O7S2.C12H10/c1-11-3-7-13(8-4-11)28(23,24)19(15(17)21)27-20(16(18)22)29(25,26)14-9-5-12(2)6-10-14;1-3-7-11(8-4-1)12-9-5-2-6-10-12/h3-10H,1-2H3,(H2,17,21)(H2,18,22);1-10H. The van der Waals surface area contributed by atoms with E-state index in [0.717, 1.165) is 35.4 Å². The van der Waals surface area contributed by atoms with Crippen molar-refractivity contribution in [3.05, 3.63) is 120 Å². The van der Waals surface area contributed by atoms with Crippen molar-refractivity contribution in [3.8, 4) is 11.1 Å². The second-order valence-electron chi connectivity index (χ2n) is 8.58. The lowest BCUT2D eigenvalue weighted by Gasteiger charge is -2.25. The highest BCUT2D eigenvalue weighted by Crippen LogP contribution is 2.22. The van der Waals surface area contributed by atoms with Gasteiger partial charge in [-0.2, -0.15) is 16.8 Å². The van der Waals surface area contributed by atoms with Crippen molar-refractivity contribution in [2.75, 3.05) is 0 Å². The molecule has 0 saturated heterocycles. The molecule has 0 fully saturated rings. The molecule has 4 aromatic carbocycles. The lowest BCUT2D eigenvalue weighted by atomic mass is 10.1. The second-order valence-corrected chi connectivity index (χ2v) is 12.1. The van der Waals surface area contributed by atoms with Crippen LogP contribution in [0.25, 0.3) is 11.1 Å². The molecule has 41 heavy (non-hydrogen) atoms. The molecule has 11 nitrogen and oxygen atoms in total. The van der Waals surface area contributed by atoms with E-state index in [4.69, 9.17) is 11.5 Å². The number of carbonyl (C=O) groups excluding carboxylic acids is 2. The van der Waals surface area contributed by atoms with Gasteiger partial charge in [-0.25, -0.2) is 9.59 Å². The number of aryl methyl sites for hydroxylation is 2. The van der Waals surface area contributed by atoms with Crippen LogP contribution in [0, 0.1) is 13.8 Å². The highest BCUT2D eigenvalue weighted by Gasteiger charge is 2.38. The van der Waals surface area contributed by atoms with E-state index in [2.05, 4.69) is 53.5 Å². The van der Waals surface area contributed by atoms with Crippen LogP contribution < -0.4 is 11.5 Å². The predicted molar refractivity (Wildman–Crippen MR) is 153 cm³/mol. The van der Waals surface area contributed by atoms with E-state index in [0.29, 0.717) is 0 Å². The Morgan fingerprint density at radius 3 is 1.10 bits per heavy atom. The molecule has 4 N–H and O–H groups in total. The van der Waals surface area contributed by atoms with Crippen LogP contribution in [0.15, 0.2) is 119 Å². The normalized spacial score (nSPS) is 11.1. The van der Waals surface area contributed by atoms with Crippen LogP contribution in [0.5, 0.6) is 0 Å². The zero-order valence-corrected chi connectivity index (χ0v) is 23.7. The van der Waals surface area contributed by atoms with Gasteiger partial charge >= 0.3 is 12.1 Å². The summed E-state index contributed by atoms with van der Waals surface area (Å²) in [4.78, 5) is 27.2. The van der Waals surface area contributed by atoms with Crippen LogP contribution in [0.4, 0.5) is 9.59 Å². The van der Waals surface area contributed by atoms with Gasteiger partial charge in [-0.15, -0.1) is 4.94 Å². The van der Waals surface area contributed by atoms with Crippen LogP contribution >= 0.6 is 0 Å². The molecule has 4 aromatic rings. The fourth-order valence-electron chi connectivity index (χ4n) is 3.35. The van der Waals surface area contributed by atoms with Crippen molar-refractivity contribution in [3.63, 3.8) is 0 Å². The number of nitrogens with zero attached hydrogens (tertiary/aromatic N) is 2. The molecule has 0 spiro atoms. The number of urea groups is 2. The number of nitrogens with two attached hydrogens (primary N) is 2. The first-order chi connectivity index (χ1) is 19.3. The van der Waals surface area contributed by atoms with Crippen LogP contribution in [0.2, 0.25) is 0 Å². The minimum absolute atomic E-state index is 0.431. The predicted octanol–water partition coefficient (Wildman–Crippen LogP) is 4.34. The smallest absolute Gasteiger partial charge is 0.349 e. The maximum absolute atomic E-state index is 12.7. The summed E-state index contributed by atoms with van der Waals surface area (Å²) in [5, 5.41) is 0. The SMILES string of the molecule is Cc1ccc(S(=O)(=O)N(ON(C(N)=O)S(=O)(=O)c2ccc(C)cc2)C(N)=O)cc1.c1ccc(-c2ccccc2)cc1. The molecule has 0 aliphatic heterocycles. The van der Waals surface area contributed by atoms with E-state index < -0.39 is 50.8 Å². The molecule has 13 heteroatoms. The molecule has 0 heterocycles. The molecule has 0 saturated carbocycles. The molecule has 214 valence electrons. The molecule has 4 amide bonds. The van der Waals surface area contributed by atoms with E-state index in [-0.39, 0.29) is 0 Å². The van der Waals surface area contributed by atoms with Gasteiger partial charge in [-0.3, -0.25) is 0 Å². The summed E-state index contributed by atoms with van der Waals surface area (Å²) in [6.07, 6.45) is 0. The maximum Gasteiger partial charge on any atom is 0.355 e. The van der Waals surface area contributed by atoms with Gasteiger partial charge in [0, 0.05) is 0 Å². The van der Waals surface area contributed by atoms with Crippen LogP contribution in [-0.4, -0.2) is 37.8 Å². The topological polar surface area (TPSA) is 170 Å². The van der Waals surface area contributed by atoms with Crippen molar-refractivity contribution in [1.29, 1.82) is 0 Å².